The topological polar surface area (TPSA) is 75.6 Å². The number of carboxylic acids is 1. The summed E-state index contributed by atoms with van der Waals surface area (Å²) in [6.45, 7) is 3.84. The molecule has 2 rings (SSSR count). The Bertz CT molecular complexity index is 815. The minimum absolute atomic E-state index is 0.408. The highest BCUT2D eigenvalue weighted by atomic mass is 79.9. The van der Waals surface area contributed by atoms with Crippen LogP contribution in [0.25, 0.3) is 6.08 Å². The lowest BCUT2D eigenvalue weighted by Crippen LogP contribution is -2.37. The summed E-state index contributed by atoms with van der Waals surface area (Å²) < 4.78 is 6.72. The number of hydrogen-bond donors (Lipinski definition) is 2. The third kappa shape index (κ3) is 6.04. The number of aliphatic carboxylic acids is 1. The van der Waals surface area contributed by atoms with E-state index in [0.717, 1.165) is 10.0 Å². The van der Waals surface area contributed by atoms with Crippen LogP contribution >= 0.6 is 15.9 Å². The summed E-state index contributed by atoms with van der Waals surface area (Å²) in [5.74, 6) is -0.940. The molecular formula is C20H20BrNO4. The standard InChI is InChI=1S/C20H20BrNO4/c1-13-3-5-15(6-4-13)12-26-18-9-8-17(21)11-16(18)7-10-19(23)22-14(2)20(24)25/h3-11,14H,12H2,1-2H3,(H,22,23)(H,24,25)/b10-7+. The van der Waals surface area contributed by atoms with E-state index in [4.69, 9.17) is 9.84 Å². The average molecular weight is 418 g/mol. The fourth-order valence-corrected chi connectivity index (χ4v) is 2.49. The molecule has 0 radical (unpaired) electrons. The summed E-state index contributed by atoms with van der Waals surface area (Å²) in [5, 5.41) is 11.2. The summed E-state index contributed by atoms with van der Waals surface area (Å²) in [6, 6.07) is 12.6. The van der Waals surface area contributed by atoms with Gasteiger partial charge in [-0.05, 0) is 43.7 Å². The molecule has 5 nitrogen and oxygen atoms in total. The van der Waals surface area contributed by atoms with Gasteiger partial charge in [0, 0.05) is 16.1 Å². The first-order chi connectivity index (χ1) is 12.3. The van der Waals surface area contributed by atoms with Crippen molar-refractivity contribution in [3.63, 3.8) is 0 Å². The molecule has 0 aromatic heterocycles. The molecule has 1 amide bonds. The SMILES string of the molecule is Cc1ccc(COc2ccc(Br)cc2/C=C/C(=O)NC(C)C(=O)O)cc1. The van der Waals surface area contributed by atoms with Gasteiger partial charge in [-0.25, -0.2) is 0 Å². The maximum Gasteiger partial charge on any atom is 0.325 e. The van der Waals surface area contributed by atoms with Gasteiger partial charge < -0.3 is 15.2 Å². The molecule has 0 bridgehead atoms. The first kappa shape index (κ1) is 19.7. The van der Waals surface area contributed by atoms with E-state index in [-0.39, 0.29) is 0 Å². The minimum Gasteiger partial charge on any atom is -0.488 e. The van der Waals surface area contributed by atoms with Crippen molar-refractivity contribution in [2.45, 2.75) is 26.5 Å². The predicted molar refractivity (Wildman–Crippen MR) is 104 cm³/mol. The van der Waals surface area contributed by atoms with Gasteiger partial charge in [-0.1, -0.05) is 45.8 Å². The fourth-order valence-electron chi connectivity index (χ4n) is 2.12. The molecular weight excluding hydrogens is 398 g/mol. The van der Waals surface area contributed by atoms with Crippen LogP contribution in [0.2, 0.25) is 0 Å². The van der Waals surface area contributed by atoms with Crippen LogP contribution in [0.5, 0.6) is 5.75 Å². The van der Waals surface area contributed by atoms with Gasteiger partial charge in [0.05, 0.1) is 0 Å². The van der Waals surface area contributed by atoms with E-state index >= 15 is 0 Å². The van der Waals surface area contributed by atoms with Crippen LogP contribution in [0.15, 0.2) is 53.0 Å². The largest absolute Gasteiger partial charge is 0.488 e. The van der Waals surface area contributed by atoms with E-state index in [9.17, 15) is 9.59 Å². The maximum absolute atomic E-state index is 11.8. The third-order valence-electron chi connectivity index (χ3n) is 3.63. The van der Waals surface area contributed by atoms with Crippen LogP contribution in [0.3, 0.4) is 0 Å². The summed E-state index contributed by atoms with van der Waals surface area (Å²) in [4.78, 5) is 22.6. The van der Waals surface area contributed by atoms with Crippen molar-refractivity contribution in [1.82, 2.24) is 5.32 Å². The summed E-state index contributed by atoms with van der Waals surface area (Å²) >= 11 is 3.40. The van der Waals surface area contributed by atoms with Crippen molar-refractivity contribution in [3.8, 4) is 5.75 Å². The highest BCUT2D eigenvalue weighted by Crippen LogP contribution is 2.25. The Kier molecular flexibility index (Phi) is 6.97. The Balaban J connectivity index is 2.09. The van der Waals surface area contributed by atoms with E-state index in [0.29, 0.717) is 17.9 Å². The number of benzene rings is 2. The van der Waals surface area contributed by atoms with Gasteiger partial charge in [-0.2, -0.15) is 0 Å². The molecule has 0 aliphatic carbocycles. The Hall–Kier alpha value is -2.60. The quantitative estimate of drug-likeness (QED) is 0.668. The molecule has 0 aliphatic rings. The smallest absolute Gasteiger partial charge is 0.325 e. The number of carbonyl (C=O) groups is 2. The van der Waals surface area contributed by atoms with E-state index in [1.165, 1.54) is 18.6 Å². The van der Waals surface area contributed by atoms with E-state index in [1.54, 1.807) is 6.08 Å². The number of aryl methyl sites for hydroxylation is 1. The molecule has 2 N–H and O–H groups in total. The first-order valence-corrected chi connectivity index (χ1v) is 8.83. The number of rotatable bonds is 7. The van der Waals surface area contributed by atoms with Crippen LogP contribution in [0.4, 0.5) is 0 Å². The highest BCUT2D eigenvalue weighted by molar-refractivity contribution is 9.10. The lowest BCUT2D eigenvalue weighted by molar-refractivity contribution is -0.140. The van der Waals surface area contributed by atoms with Crippen molar-refractivity contribution < 1.29 is 19.4 Å². The van der Waals surface area contributed by atoms with Gasteiger partial charge in [-0.15, -0.1) is 0 Å². The maximum atomic E-state index is 11.8. The fraction of sp³-hybridized carbons (Fsp3) is 0.200. The lowest BCUT2D eigenvalue weighted by Gasteiger charge is -2.10. The number of carbonyl (C=O) groups excluding carboxylic acids is 1. The number of ether oxygens (including phenoxy) is 1. The second-order valence-corrected chi connectivity index (χ2v) is 6.77. The molecule has 6 heteroatoms. The molecule has 0 fully saturated rings. The van der Waals surface area contributed by atoms with E-state index < -0.39 is 17.9 Å². The number of nitrogens with one attached hydrogen (secondary N) is 1. The highest BCUT2D eigenvalue weighted by Gasteiger charge is 2.12. The Morgan fingerprint density at radius 3 is 2.58 bits per heavy atom. The van der Waals surface area contributed by atoms with Crippen LogP contribution in [-0.4, -0.2) is 23.0 Å². The van der Waals surface area contributed by atoms with Crippen LogP contribution in [0.1, 0.15) is 23.6 Å². The average Bonchev–Trinajstić information content (AvgIpc) is 2.60. The first-order valence-electron chi connectivity index (χ1n) is 8.04. The Labute approximate surface area is 160 Å². The molecule has 0 saturated carbocycles. The summed E-state index contributed by atoms with van der Waals surface area (Å²) in [7, 11) is 0. The second kappa shape index (κ2) is 9.20. The Morgan fingerprint density at radius 1 is 1.23 bits per heavy atom. The zero-order chi connectivity index (χ0) is 19.1. The number of amides is 1. The zero-order valence-electron chi connectivity index (χ0n) is 14.5. The normalized spacial score (nSPS) is 12.0. The van der Waals surface area contributed by atoms with E-state index in [1.807, 2.05) is 49.4 Å². The van der Waals surface area contributed by atoms with Gasteiger partial charge >= 0.3 is 5.97 Å². The minimum atomic E-state index is -1.09. The Morgan fingerprint density at radius 2 is 1.92 bits per heavy atom. The monoisotopic (exact) mass is 417 g/mol. The van der Waals surface area contributed by atoms with Gasteiger partial charge in [0.15, 0.2) is 0 Å². The number of hydrogen-bond acceptors (Lipinski definition) is 3. The molecule has 2 aromatic rings. The van der Waals surface area contributed by atoms with Gasteiger partial charge in [0.2, 0.25) is 5.91 Å². The molecule has 2 aromatic carbocycles. The molecule has 26 heavy (non-hydrogen) atoms. The molecule has 0 saturated heterocycles. The second-order valence-electron chi connectivity index (χ2n) is 5.86. The van der Waals surface area contributed by atoms with Crippen molar-refractivity contribution >= 4 is 33.9 Å². The molecule has 0 aliphatic heterocycles. The molecule has 1 unspecified atom stereocenters. The van der Waals surface area contributed by atoms with Crippen molar-refractivity contribution in [2.24, 2.45) is 0 Å². The van der Waals surface area contributed by atoms with Crippen molar-refractivity contribution in [2.75, 3.05) is 0 Å². The van der Waals surface area contributed by atoms with Gasteiger partial charge in [0.1, 0.15) is 18.4 Å². The lowest BCUT2D eigenvalue weighted by atomic mass is 10.1. The van der Waals surface area contributed by atoms with Crippen molar-refractivity contribution in [3.05, 3.63) is 69.7 Å². The van der Waals surface area contributed by atoms with Gasteiger partial charge in [0.25, 0.3) is 0 Å². The predicted octanol–water partition coefficient (Wildman–Crippen LogP) is 3.94. The zero-order valence-corrected chi connectivity index (χ0v) is 16.1. The van der Waals surface area contributed by atoms with Crippen molar-refractivity contribution in [1.29, 1.82) is 0 Å². The third-order valence-corrected chi connectivity index (χ3v) is 4.12. The number of carboxylic acid groups (broad SMARTS) is 1. The van der Waals surface area contributed by atoms with Gasteiger partial charge in [-0.3, -0.25) is 9.59 Å². The molecule has 0 heterocycles. The van der Waals surface area contributed by atoms with Crippen LogP contribution in [-0.2, 0) is 16.2 Å². The summed E-state index contributed by atoms with van der Waals surface area (Å²) in [6.07, 6.45) is 2.89. The molecule has 0 spiro atoms. The number of halogens is 1. The molecule has 1 atom stereocenters. The van der Waals surface area contributed by atoms with Crippen LogP contribution in [0, 0.1) is 6.92 Å². The van der Waals surface area contributed by atoms with E-state index in [2.05, 4.69) is 21.2 Å². The summed E-state index contributed by atoms with van der Waals surface area (Å²) in [5.41, 5.74) is 2.94. The van der Waals surface area contributed by atoms with Crippen LogP contribution < -0.4 is 10.1 Å². The molecule has 136 valence electrons.